The van der Waals surface area contributed by atoms with E-state index < -0.39 is 0 Å². The van der Waals surface area contributed by atoms with E-state index in [-0.39, 0.29) is 12.4 Å². The summed E-state index contributed by atoms with van der Waals surface area (Å²) in [6.07, 6.45) is 3.77. The molecule has 0 fully saturated rings. The Balaban J connectivity index is 2.12. The fraction of sp³-hybridized carbons (Fsp3) is 0.300. The van der Waals surface area contributed by atoms with E-state index >= 15 is 0 Å². The topological polar surface area (TPSA) is 41.9 Å². The number of benzene rings is 2. The Bertz CT molecular complexity index is 785. The van der Waals surface area contributed by atoms with Gasteiger partial charge in [-0.15, -0.1) is 11.8 Å². The van der Waals surface area contributed by atoms with Crippen LogP contribution in [0.15, 0.2) is 46.3 Å². The van der Waals surface area contributed by atoms with E-state index in [2.05, 4.69) is 4.99 Å². The number of Topliss-reactive ketones (excluding diaryl/α,β-unsaturated/α-hetero) is 1. The Morgan fingerprint density at radius 2 is 1.96 bits per heavy atom. The monoisotopic (exact) mass is 356 g/mol. The largest absolute Gasteiger partial charge is 0.485 e. The fourth-order valence-electron chi connectivity index (χ4n) is 2.34. The van der Waals surface area contributed by atoms with Crippen LogP contribution in [0.2, 0.25) is 0 Å². The van der Waals surface area contributed by atoms with E-state index in [9.17, 15) is 4.79 Å². The third-order valence-corrected chi connectivity index (χ3v) is 4.41. The number of carbonyl (C=O) groups is 1. The average Bonchev–Trinajstić information content (AvgIpc) is 2.60. The number of carbonyl (C=O) groups excluding carboxylic acids is 1. The maximum absolute atomic E-state index is 12.5. The predicted molar refractivity (Wildman–Crippen MR) is 106 cm³/mol. The molecule has 25 heavy (non-hydrogen) atoms. The summed E-state index contributed by atoms with van der Waals surface area (Å²) in [5, 5.41) is 0. The van der Waals surface area contributed by atoms with E-state index in [1.54, 1.807) is 18.1 Å². The van der Waals surface area contributed by atoms with Crippen LogP contribution in [0.3, 0.4) is 0 Å². The van der Waals surface area contributed by atoms with Gasteiger partial charge in [-0.3, -0.25) is 4.79 Å². The van der Waals surface area contributed by atoms with Gasteiger partial charge < -0.3 is 9.64 Å². The van der Waals surface area contributed by atoms with Gasteiger partial charge in [0.2, 0.25) is 0 Å². The molecule has 0 N–H and O–H groups in total. The van der Waals surface area contributed by atoms with Gasteiger partial charge >= 0.3 is 0 Å². The molecular weight excluding hydrogens is 332 g/mol. The molecule has 2 aromatic carbocycles. The van der Waals surface area contributed by atoms with E-state index in [0.717, 1.165) is 21.7 Å². The molecule has 0 radical (unpaired) electrons. The van der Waals surface area contributed by atoms with Gasteiger partial charge in [0.25, 0.3) is 0 Å². The summed E-state index contributed by atoms with van der Waals surface area (Å²) >= 11 is 1.64. The van der Waals surface area contributed by atoms with Crippen molar-refractivity contribution in [3.63, 3.8) is 0 Å². The van der Waals surface area contributed by atoms with Crippen molar-refractivity contribution in [1.82, 2.24) is 4.90 Å². The van der Waals surface area contributed by atoms with Crippen LogP contribution in [0.25, 0.3) is 0 Å². The van der Waals surface area contributed by atoms with Crippen LogP contribution in [0.4, 0.5) is 5.69 Å². The number of rotatable bonds is 7. The molecule has 0 unspecified atom stereocenters. The summed E-state index contributed by atoms with van der Waals surface area (Å²) in [6.45, 7) is 3.91. The molecule has 0 heterocycles. The normalized spacial score (nSPS) is 10.9. The fourth-order valence-corrected chi connectivity index (χ4v) is 2.78. The lowest BCUT2D eigenvalue weighted by Crippen LogP contribution is -2.13. The molecular formula is C20H24N2O2S. The van der Waals surface area contributed by atoms with Gasteiger partial charge in [0.1, 0.15) is 5.75 Å². The molecule has 5 heteroatoms. The molecule has 0 aromatic heterocycles. The van der Waals surface area contributed by atoms with Gasteiger partial charge in [0.05, 0.1) is 12.0 Å². The van der Waals surface area contributed by atoms with Crippen molar-refractivity contribution in [1.29, 1.82) is 0 Å². The molecule has 132 valence electrons. The molecule has 0 saturated carbocycles. The van der Waals surface area contributed by atoms with Gasteiger partial charge in [-0.2, -0.15) is 0 Å². The highest BCUT2D eigenvalue weighted by Gasteiger charge is 2.12. The summed E-state index contributed by atoms with van der Waals surface area (Å²) in [5.41, 5.74) is 3.43. The molecule has 2 rings (SSSR count). The number of aliphatic imine (C=N–C) groups is 1. The van der Waals surface area contributed by atoms with Crippen molar-refractivity contribution in [2.45, 2.75) is 18.7 Å². The average molecular weight is 356 g/mol. The van der Waals surface area contributed by atoms with Crippen molar-refractivity contribution in [2.75, 3.05) is 27.0 Å². The van der Waals surface area contributed by atoms with Crippen molar-refractivity contribution in [3.8, 4) is 5.75 Å². The van der Waals surface area contributed by atoms with E-state index in [1.807, 2.05) is 75.5 Å². The Kier molecular flexibility index (Phi) is 6.65. The first-order valence-electron chi connectivity index (χ1n) is 8.02. The highest BCUT2D eigenvalue weighted by molar-refractivity contribution is 7.98. The maximum Gasteiger partial charge on any atom is 0.200 e. The number of hydrogen-bond acceptors (Lipinski definition) is 4. The second-order valence-corrected chi connectivity index (χ2v) is 6.93. The zero-order chi connectivity index (χ0) is 18.4. The van der Waals surface area contributed by atoms with Gasteiger partial charge in [0, 0.05) is 24.6 Å². The van der Waals surface area contributed by atoms with Crippen molar-refractivity contribution in [2.24, 2.45) is 4.99 Å². The van der Waals surface area contributed by atoms with Crippen molar-refractivity contribution in [3.05, 3.63) is 53.1 Å². The zero-order valence-electron chi connectivity index (χ0n) is 15.4. The van der Waals surface area contributed by atoms with Gasteiger partial charge in [-0.25, -0.2) is 4.99 Å². The quantitative estimate of drug-likeness (QED) is 0.317. The predicted octanol–water partition coefficient (Wildman–Crippen LogP) is 4.51. The molecule has 0 saturated heterocycles. The summed E-state index contributed by atoms with van der Waals surface area (Å²) < 4.78 is 5.67. The van der Waals surface area contributed by atoms with E-state index in [1.165, 1.54) is 0 Å². The lowest BCUT2D eigenvalue weighted by molar-refractivity contribution is 0.0920. The molecule has 0 atom stereocenters. The number of nitrogens with zero attached hydrogens (tertiary/aromatic N) is 2. The lowest BCUT2D eigenvalue weighted by Gasteiger charge is -2.11. The number of aryl methyl sites for hydroxylation is 2. The second kappa shape index (κ2) is 8.72. The number of hydrogen-bond donors (Lipinski definition) is 0. The molecule has 0 spiro atoms. The second-order valence-electron chi connectivity index (χ2n) is 6.05. The first-order chi connectivity index (χ1) is 11.9. The molecule has 0 aliphatic heterocycles. The number of ketones is 1. The summed E-state index contributed by atoms with van der Waals surface area (Å²) in [7, 11) is 3.85. The highest BCUT2D eigenvalue weighted by Crippen LogP contribution is 2.24. The molecule has 2 aromatic rings. The minimum atomic E-state index is -0.0294. The number of ether oxygens (including phenoxy) is 1. The van der Waals surface area contributed by atoms with Crippen LogP contribution in [0.1, 0.15) is 21.5 Å². The molecule has 0 bridgehead atoms. The van der Waals surface area contributed by atoms with Crippen molar-refractivity contribution < 1.29 is 9.53 Å². The maximum atomic E-state index is 12.5. The summed E-state index contributed by atoms with van der Waals surface area (Å²) in [6, 6.07) is 11.6. The zero-order valence-corrected chi connectivity index (χ0v) is 16.2. The Morgan fingerprint density at radius 1 is 1.20 bits per heavy atom. The first-order valence-corrected chi connectivity index (χ1v) is 9.25. The Morgan fingerprint density at radius 3 is 2.64 bits per heavy atom. The van der Waals surface area contributed by atoms with Gasteiger partial charge in [0.15, 0.2) is 12.4 Å². The third kappa shape index (κ3) is 5.36. The molecule has 0 amide bonds. The van der Waals surface area contributed by atoms with Gasteiger partial charge in [-0.05, 0) is 61.6 Å². The minimum absolute atomic E-state index is 0.0262. The highest BCUT2D eigenvalue weighted by atomic mass is 32.2. The first kappa shape index (κ1) is 19.1. The molecule has 0 aliphatic carbocycles. The minimum Gasteiger partial charge on any atom is -0.485 e. The summed E-state index contributed by atoms with van der Waals surface area (Å²) in [4.78, 5) is 20.0. The standard InChI is InChI=1S/C20H24N2O2S/c1-14-10-19(21-13-22(3)4)15(2)9-18(14)20(23)12-24-16-7-6-8-17(11-16)25-5/h6-11,13H,12H2,1-5H3/b21-13-. The van der Waals surface area contributed by atoms with E-state index in [4.69, 9.17) is 4.74 Å². The van der Waals surface area contributed by atoms with Crippen LogP contribution in [0, 0.1) is 13.8 Å². The summed E-state index contributed by atoms with van der Waals surface area (Å²) in [5.74, 6) is 0.681. The van der Waals surface area contributed by atoms with Crippen LogP contribution in [0.5, 0.6) is 5.75 Å². The van der Waals surface area contributed by atoms with Crippen LogP contribution >= 0.6 is 11.8 Å². The third-order valence-electron chi connectivity index (χ3n) is 3.68. The molecule has 0 aliphatic rings. The lowest BCUT2D eigenvalue weighted by atomic mass is 10.0. The van der Waals surface area contributed by atoms with Crippen LogP contribution in [-0.4, -0.2) is 44.0 Å². The van der Waals surface area contributed by atoms with Crippen LogP contribution < -0.4 is 4.74 Å². The van der Waals surface area contributed by atoms with E-state index in [0.29, 0.717) is 11.3 Å². The Labute approximate surface area is 153 Å². The van der Waals surface area contributed by atoms with Crippen LogP contribution in [-0.2, 0) is 0 Å². The molecule has 4 nitrogen and oxygen atoms in total. The van der Waals surface area contributed by atoms with Gasteiger partial charge in [-0.1, -0.05) is 6.07 Å². The SMILES string of the molecule is CSc1cccc(OCC(=O)c2cc(C)c(/N=C\N(C)C)cc2C)c1. The number of thioether (sulfide) groups is 1. The Hall–Kier alpha value is -2.27. The smallest absolute Gasteiger partial charge is 0.200 e. The van der Waals surface area contributed by atoms with Crippen molar-refractivity contribution >= 4 is 29.6 Å².